The fraction of sp³-hybridized carbons (Fsp3) is 0.538. The fourth-order valence-corrected chi connectivity index (χ4v) is 3.47. The number of thioether (sulfide) groups is 1. The maximum atomic E-state index is 13.0. The standard InChI is InChI=1S/C13H15F3N2O2S/c14-13(15,16)11-7-9(18(19)20)4-5-12(11)17-8-10-3-1-2-6-21-10/h4-5,7,10,17H,1-3,6,8H2. The molecular formula is C13H15F3N2O2S. The molecule has 0 aliphatic carbocycles. The van der Waals surface area contributed by atoms with Gasteiger partial charge in [0.15, 0.2) is 0 Å². The molecule has 0 radical (unpaired) electrons. The highest BCUT2D eigenvalue weighted by Crippen LogP contribution is 2.37. The van der Waals surface area contributed by atoms with Gasteiger partial charge in [-0.25, -0.2) is 0 Å². The van der Waals surface area contributed by atoms with Gasteiger partial charge in [-0.3, -0.25) is 10.1 Å². The second-order valence-electron chi connectivity index (χ2n) is 4.85. The van der Waals surface area contributed by atoms with E-state index in [0.29, 0.717) is 12.6 Å². The lowest BCUT2D eigenvalue weighted by atomic mass is 10.1. The van der Waals surface area contributed by atoms with Crippen LogP contribution in [-0.2, 0) is 6.18 Å². The number of benzene rings is 1. The monoisotopic (exact) mass is 320 g/mol. The number of nitro benzene ring substituents is 1. The molecule has 1 heterocycles. The second-order valence-corrected chi connectivity index (χ2v) is 6.26. The Bertz CT molecular complexity index is 517. The predicted octanol–water partition coefficient (Wildman–Crippen LogP) is 4.31. The molecular weight excluding hydrogens is 305 g/mol. The van der Waals surface area contributed by atoms with Crippen LogP contribution in [0.5, 0.6) is 0 Å². The van der Waals surface area contributed by atoms with Crippen molar-refractivity contribution >= 4 is 23.1 Å². The van der Waals surface area contributed by atoms with Crippen LogP contribution in [0.2, 0.25) is 0 Å². The average molecular weight is 320 g/mol. The van der Waals surface area contributed by atoms with Gasteiger partial charge < -0.3 is 5.32 Å². The average Bonchev–Trinajstić information content (AvgIpc) is 2.45. The Hall–Kier alpha value is -1.44. The molecule has 4 nitrogen and oxygen atoms in total. The van der Waals surface area contributed by atoms with Crippen molar-refractivity contribution in [2.45, 2.75) is 30.7 Å². The van der Waals surface area contributed by atoms with Crippen LogP contribution in [0.4, 0.5) is 24.5 Å². The highest BCUT2D eigenvalue weighted by molar-refractivity contribution is 7.99. The smallest absolute Gasteiger partial charge is 0.383 e. The first-order valence-corrected chi connectivity index (χ1v) is 7.64. The first-order chi connectivity index (χ1) is 9.88. The van der Waals surface area contributed by atoms with Gasteiger partial charge in [0.25, 0.3) is 5.69 Å². The van der Waals surface area contributed by atoms with Crippen LogP contribution < -0.4 is 5.32 Å². The zero-order chi connectivity index (χ0) is 15.5. The van der Waals surface area contributed by atoms with E-state index in [0.717, 1.165) is 37.1 Å². The van der Waals surface area contributed by atoms with Crippen LogP contribution >= 0.6 is 11.8 Å². The summed E-state index contributed by atoms with van der Waals surface area (Å²) in [4.78, 5) is 9.79. The van der Waals surface area contributed by atoms with E-state index < -0.39 is 22.4 Å². The number of rotatable bonds is 4. The van der Waals surface area contributed by atoms with Crippen molar-refractivity contribution in [1.82, 2.24) is 0 Å². The van der Waals surface area contributed by atoms with E-state index in [1.54, 1.807) is 11.8 Å². The van der Waals surface area contributed by atoms with E-state index in [9.17, 15) is 23.3 Å². The maximum absolute atomic E-state index is 13.0. The molecule has 21 heavy (non-hydrogen) atoms. The minimum Gasteiger partial charge on any atom is -0.383 e. The van der Waals surface area contributed by atoms with E-state index in [1.807, 2.05) is 0 Å². The van der Waals surface area contributed by atoms with Crippen molar-refractivity contribution in [3.63, 3.8) is 0 Å². The SMILES string of the molecule is O=[N+]([O-])c1ccc(NCC2CCCCS2)c(C(F)(F)F)c1. The Labute approximate surface area is 124 Å². The van der Waals surface area contributed by atoms with Crippen LogP contribution in [0.25, 0.3) is 0 Å². The Morgan fingerprint density at radius 1 is 1.38 bits per heavy atom. The number of non-ortho nitro benzene ring substituents is 1. The van der Waals surface area contributed by atoms with Gasteiger partial charge >= 0.3 is 6.18 Å². The molecule has 0 amide bonds. The van der Waals surface area contributed by atoms with Gasteiger partial charge in [0, 0.05) is 29.6 Å². The van der Waals surface area contributed by atoms with Crippen molar-refractivity contribution in [2.24, 2.45) is 0 Å². The third kappa shape index (κ3) is 4.26. The molecule has 2 rings (SSSR count). The van der Waals surface area contributed by atoms with Crippen molar-refractivity contribution < 1.29 is 18.1 Å². The minimum absolute atomic E-state index is 0.0979. The molecule has 0 aromatic heterocycles. The Morgan fingerprint density at radius 3 is 2.71 bits per heavy atom. The number of nitrogens with zero attached hydrogens (tertiary/aromatic N) is 1. The molecule has 0 spiro atoms. The third-order valence-electron chi connectivity index (χ3n) is 3.31. The summed E-state index contributed by atoms with van der Waals surface area (Å²) in [6.07, 6.45) is -1.40. The molecule has 1 saturated heterocycles. The number of nitrogens with one attached hydrogen (secondary N) is 1. The van der Waals surface area contributed by atoms with E-state index in [1.165, 1.54) is 0 Å². The van der Waals surface area contributed by atoms with Gasteiger partial charge in [-0.05, 0) is 24.7 Å². The summed E-state index contributed by atoms with van der Waals surface area (Å²) in [5, 5.41) is 13.7. The van der Waals surface area contributed by atoms with Gasteiger partial charge in [0.05, 0.1) is 10.5 Å². The zero-order valence-corrected chi connectivity index (χ0v) is 12.0. The van der Waals surface area contributed by atoms with Gasteiger partial charge in [0.2, 0.25) is 0 Å². The maximum Gasteiger partial charge on any atom is 0.418 e. The lowest BCUT2D eigenvalue weighted by Gasteiger charge is -2.23. The predicted molar refractivity (Wildman–Crippen MR) is 76.7 cm³/mol. The number of anilines is 1. The molecule has 1 unspecified atom stereocenters. The second kappa shape index (κ2) is 6.55. The molecule has 0 saturated carbocycles. The molecule has 1 aliphatic heterocycles. The summed E-state index contributed by atoms with van der Waals surface area (Å²) in [7, 11) is 0. The first-order valence-electron chi connectivity index (χ1n) is 6.59. The topological polar surface area (TPSA) is 55.2 Å². The summed E-state index contributed by atoms with van der Waals surface area (Å²) in [6, 6.07) is 2.80. The number of halogens is 3. The molecule has 8 heteroatoms. The quantitative estimate of drug-likeness (QED) is 0.663. The van der Waals surface area contributed by atoms with E-state index in [2.05, 4.69) is 5.32 Å². The summed E-state index contributed by atoms with van der Waals surface area (Å²) >= 11 is 1.75. The number of hydrogen-bond acceptors (Lipinski definition) is 4. The fourth-order valence-electron chi connectivity index (χ4n) is 2.23. The molecule has 1 aromatic carbocycles. The largest absolute Gasteiger partial charge is 0.418 e. The number of nitro groups is 1. The van der Waals surface area contributed by atoms with E-state index in [-0.39, 0.29) is 10.9 Å². The van der Waals surface area contributed by atoms with Crippen LogP contribution in [-0.4, -0.2) is 22.5 Å². The summed E-state index contributed by atoms with van der Waals surface area (Å²) in [5.41, 5.74) is -1.64. The molecule has 0 bridgehead atoms. The number of alkyl halides is 3. The zero-order valence-electron chi connectivity index (χ0n) is 11.2. The highest BCUT2D eigenvalue weighted by atomic mass is 32.2. The summed E-state index contributed by atoms with van der Waals surface area (Å²) < 4.78 is 39.0. The lowest BCUT2D eigenvalue weighted by Crippen LogP contribution is -2.21. The van der Waals surface area contributed by atoms with Crippen LogP contribution in [0, 0.1) is 10.1 Å². The highest BCUT2D eigenvalue weighted by Gasteiger charge is 2.35. The van der Waals surface area contributed by atoms with Crippen LogP contribution in [0.1, 0.15) is 24.8 Å². The van der Waals surface area contributed by atoms with Crippen molar-refractivity contribution in [1.29, 1.82) is 0 Å². The molecule has 1 aliphatic rings. The third-order valence-corrected chi connectivity index (χ3v) is 4.71. The Kier molecular flexibility index (Phi) is 4.97. The summed E-state index contributed by atoms with van der Waals surface area (Å²) in [5.74, 6) is 1.03. The van der Waals surface area contributed by atoms with Crippen molar-refractivity contribution in [2.75, 3.05) is 17.6 Å². The number of hydrogen-bond donors (Lipinski definition) is 1. The first kappa shape index (κ1) is 15.9. The van der Waals surface area contributed by atoms with Gasteiger partial charge in [-0.15, -0.1) is 0 Å². The molecule has 116 valence electrons. The normalized spacial score (nSPS) is 19.3. The molecule has 1 atom stereocenters. The Balaban J connectivity index is 2.15. The van der Waals surface area contributed by atoms with Gasteiger partial charge in [0.1, 0.15) is 0 Å². The molecule has 1 fully saturated rings. The van der Waals surface area contributed by atoms with Crippen molar-refractivity contribution in [3.05, 3.63) is 33.9 Å². The van der Waals surface area contributed by atoms with E-state index >= 15 is 0 Å². The van der Waals surface area contributed by atoms with Crippen LogP contribution in [0.15, 0.2) is 18.2 Å². The molecule has 1 N–H and O–H groups in total. The lowest BCUT2D eigenvalue weighted by molar-refractivity contribution is -0.385. The van der Waals surface area contributed by atoms with Gasteiger partial charge in [-0.1, -0.05) is 6.42 Å². The van der Waals surface area contributed by atoms with Gasteiger partial charge in [-0.2, -0.15) is 24.9 Å². The van der Waals surface area contributed by atoms with Crippen LogP contribution in [0.3, 0.4) is 0 Å². The van der Waals surface area contributed by atoms with E-state index in [4.69, 9.17) is 0 Å². The Morgan fingerprint density at radius 2 is 2.14 bits per heavy atom. The van der Waals surface area contributed by atoms with Crippen molar-refractivity contribution in [3.8, 4) is 0 Å². The minimum atomic E-state index is -4.62. The summed E-state index contributed by atoms with van der Waals surface area (Å²) in [6.45, 7) is 0.436. The molecule has 1 aromatic rings.